The highest BCUT2D eigenvalue weighted by atomic mass is 16.4. The molecule has 13 heavy (non-hydrogen) atoms. The lowest BCUT2D eigenvalue weighted by atomic mass is 9.69. The summed E-state index contributed by atoms with van der Waals surface area (Å²) < 4.78 is 0. The molecule has 0 aromatic rings. The maximum atomic E-state index is 10.5. The fourth-order valence-corrected chi connectivity index (χ4v) is 2.33. The van der Waals surface area contributed by atoms with E-state index in [1.54, 1.807) is 0 Å². The van der Waals surface area contributed by atoms with Crippen LogP contribution in [0.1, 0.15) is 26.2 Å². The monoisotopic (exact) mass is 183 g/mol. The van der Waals surface area contributed by atoms with Crippen molar-refractivity contribution >= 4 is 5.97 Å². The van der Waals surface area contributed by atoms with Gasteiger partial charge in [-0.2, -0.15) is 0 Å². The van der Waals surface area contributed by atoms with E-state index in [9.17, 15) is 4.79 Å². The van der Waals surface area contributed by atoms with E-state index >= 15 is 0 Å². The van der Waals surface area contributed by atoms with E-state index < -0.39 is 5.97 Å². The van der Waals surface area contributed by atoms with Crippen molar-refractivity contribution in [3.63, 3.8) is 0 Å². The smallest absolute Gasteiger partial charge is 0.309 e. The van der Waals surface area contributed by atoms with Gasteiger partial charge in [0.1, 0.15) is 0 Å². The van der Waals surface area contributed by atoms with Gasteiger partial charge < -0.3 is 10.0 Å². The first-order valence-electron chi connectivity index (χ1n) is 5.04. The minimum Gasteiger partial charge on any atom is -0.481 e. The Morgan fingerprint density at radius 2 is 2.15 bits per heavy atom. The minimum absolute atomic E-state index is 0.0938. The Morgan fingerprint density at radius 3 is 2.54 bits per heavy atom. The molecule has 1 saturated heterocycles. The molecule has 2 rings (SSSR count). The van der Waals surface area contributed by atoms with Crippen LogP contribution in [0.25, 0.3) is 0 Å². The molecule has 1 saturated carbocycles. The van der Waals surface area contributed by atoms with E-state index in [2.05, 4.69) is 11.8 Å². The molecule has 74 valence electrons. The van der Waals surface area contributed by atoms with Gasteiger partial charge in [-0.05, 0) is 18.3 Å². The molecule has 0 aromatic heterocycles. The molecule has 1 aliphatic heterocycles. The third kappa shape index (κ3) is 1.70. The molecule has 0 spiro atoms. The summed E-state index contributed by atoms with van der Waals surface area (Å²) in [5, 5.41) is 8.69. The first-order valence-corrected chi connectivity index (χ1v) is 5.04. The van der Waals surface area contributed by atoms with Gasteiger partial charge in [0.2, 0.25) is 0 Å². The maximum Gasteiger partial charge on any atom is 0.309 e. The Morgan fingerprint density at radius 1 is 1.54 bits per heavy atom. The largest absolute Gasteiger partial charge is 0.481 e. The standard InChI is InChI=1S/C10H17NO2/c1-10(3-2-4-10)7-11-5-8(6-11)9(12)13/h8H,2-7H2,1H3,(H,12,13). The Hall–Kier alpha value is -0.570. The van der Waals surface area contributed by atoms with Crippen LogP contribution in [-0.4, -0.2) is 35.6 Å². The number of carbonyl (C=O) groups is 1. The van der Waals surface area contributed by atoms with Gasteiger partial charge >= 0.3 is 5.97 Å². The molecular weight excluding hydrogens is 166 g/mol. The van der Waals surface area contributed by atoms with Crippen LogP contribution in [-0.2, 0) is 4.79 Å². The second kappa shape index (κ2) is 2.98. The second-order valence-electron chi connectivity index (χ2n) is 4.89. The first kappa shape index (κ1) is 9.00. The summed E-state index contributed by atoms with van der Waals surface area (Å²) in [5.74, 6) is -0.723. The average molecular weight is 183 g/mol. The number of hydrogen-bond donors (Lipinski definition) is 1. The average Bonchev–Trinajstić information content (AvgIpc) is 1.91. The third-order valence-electron chi connectivity index (χ3n) is 3.47. The lowest BCUT2D eigenvalue weighted by molar-refractivity contribution is -0.148. The molecule has 2 fully saturated rings. The third-order valence-corrected chi connectivity index (χ3v) is 3.47. The van der Waals surface area contributed by atoms with Crippen LogP contribution in [0.15, 0.2) is 0 Å². The SMILES string of the molecule is CC1(CN2CC(C(=O)O)C2)CCC1. The van der Waals surface area contributed by atoms with Gasteiger partial charge in [0.15, 0.2) is 0 Å². The molecule has 1 heterocycles. The summed E-state index contributed by atoms with van der Waals surface area (Å²) in [4.78, 5) is 12.8. The Bertz CT molecular complexity index is 217. The topological polar surface area (TPSA) is 40.5 Å². The highest BCUT2D eigenvalue weighted by Gasteiger charge is 2.39. The molecule has 0 atom stereocenters. The summed E-state index contributed by atoms with van der Waals surface area (Å²) in [6, 6.07) is 0. The predicted molar refractivity (Wildman–Crippen MR) is 49.5 cm³/mol. The number of aliphatic carboxylic acids is 1. The molecule has 0 bridgehead atoms. The van der Waals surface area contributed by atoms with Crippen LogP contribution >= 0.6 is 0 Å². The summed E-state index contributed by atoms with van der Waals surface area (Å²) in [5.41, 5.74) is 0.503. The lowest BCUT2D eigenvalue weighted by Gasteiger charge is -2.47. The maximum absolute atomic E-state index is 10.5. The summed E-state index contributed by atoms with van der Waals surface area (Å²) in [6.07, 6.45) is 4.00. The van der Waals surface area contributed by atoms with Gasteiger partial charge in [-0.25, -0.2) is 0 Å². The van der Waals surface area contributed by atoms with Crippen molar-refractivity contribution in [2.75, 3.05) is 19.6 Å². The van der Waals surface area contributed by atoms with Crippen LogP contribution in [0.5, 0.6) is 0 Å². The zero-order valence-electron chi connectivity index (χ0n) is 8.12. The van der Waals surface area contributed by atoms with Crippen molar-refractivity contribution in [2.45, 2.75) is 26.2 Å². The van der Waals surface area contributed by atoms with Crippen LogP contribution in [0.4, 0.5) is 0 Å². The quantitative estimate of drug-likeness (QED) is 0.714. The molecule has 0 aromatic carbocycles. The number of carboxylic acids is 1. The number of hydrogen-bond acceptors (Lipinski definition) is 2. The predicted octanol–water partition coefficient (Wildman–Crippen LogP) is 1.19. The van der Waals surface area contributed by atoms with Crippen molar-refractivity contribution in [2.24, 2.45) is 11.3 Å². The van der Waals surface area contributed by atoms with E-state index in [0.29, 0.717) is 5.41 Å². The van der Waals surface area contributed by atoms with Gasteiger partial charge in [-0.15, -0.1) is 0 Å². The van der Waals surface area contributed by atoms with E-state index in [-0.39, 0.29) is 5.92 Å². The van der Waals surface area contributed by atoms with Gasteiger partial charge in [0.25, 0.3) is 0 Å². The van der Waals surface area contributed by atoms with Crippen molar-refractivity contribution < 1.29 is 9.90 Å². The molecule has 1 N–H and O–H groups in total. The Balaban J connectivity index is 1.72. The fraction of sp³-hybridized carbons (Fsp3) is 0.900. The number of carboxylic acid groups (broad SMARTS) is 1. The zero-order valence-corrected chi connectivity index (χ0v) is 8.12. The van der Waals surface area contributed by atoms with E-state index in [1.807, 2.05) is 0 Å². The molecule has 0 unspecified atom stereocenters. The van der Waals surface area contributed by atoms with E-state index in [1.165, 1.54) is 19.3 Å². The van der Waals surface area contributed by atoms with E-state index in [4.69, 9.17) is 5.11 Å². The van der Waals surface area contributed by atoms with Crippen molar-refractivity contribution in [1.29, 1.82) is 0 Å². The van der Waals surface area contributed by atoms with Gasteiger partial charge in [0.05, 0.1) is 5.92 Å². The first-order chi connectivity index (χ1) is 6.09. The molecule has 3 nitrogen and oxygen atoms in total. The van der Waals surface area contributed by atoms with Crippen molar-refractivity contribution in [1.82, 2.24) is 4.90 Å². The molecule has 1 aliphatic carbocycles. The van der Waals surface area contributed by atoms with E-state index in [0.717, 1.165) is 19.6 Å². The van der Waals surface area contributed by atoms with Crippen molar-refractivity contribution in [3.05, 3.63) is 0 Å². The summed E-state index contributed by atoms with van der Waals surface area (Å²) in [7, 11) is 0. The Kier molecular flexibility index (Phi) is 2.06. The molecule has 2 aliphatic rings. The van der Waals surface area contributed by atoms with Gasteiger partial charge in [-0.3, -0.25) is 4.79 Å². The lowest BCUT2D eigenvalue weighted by Crippen LogP contribution is -2.54. The molecule has 0 radical (unpaired) electrons. The van der Waals surface area contributed by atoms with Crippen LogP contribution in [0.3, 0.4) is 0 Å². The van der Waals surface area contributed by atoms with Crippen LogP contribution in [0.2, 0.25) is 0 Å². The highest BCUT2D eigenvalue weighted by Crippen LogP contribution is 2.41. The number of likely N-dealkylation sites (tertiary alicyclic amines) is 1. The molecule has 0 amide bonds. The molecule has 3 heteroatoms. The minimum atomic E-state index is -0.630. The van der Waals surface area contributed by atoms with Gasteiger partial charge in [0, 0.05) is 19.6 Å². The molecular formula is C10H17NO2. The summed E-state index contributed by atoms with van der Waals surface area (Å²) >= 11 is 0. The van der Waals surface area contributed by atoms with Crippen LogP contribution in [0, 0.1) is 11.3 Å². The normalized spacial score (nSPS) is 27.8. The van der Waals surface area contributed by atoms with Gasteiger partial charge in [-0.1, -0.05) is 13.3 Å². The fourth-order valence-electron chi connectivity index (χ4n) is 2.33. The Labute approximate surface area is 78.7 Å². The number of rotatable bonds is 3. The van der Waals surface area contributed by atoms with Crippen LogP contribution < -0.4 is 0 Å². The summed E-state index contributed by atoms with van der Waals surface area (Å²) in [6.45, 7) is 4.96. The second-order valence-corrected chi connectivity index (χ2v) is 4.89. The van der Waals surface area contributed by atoms with Crippen molar-refractivity contribution in [3.8, 4) is 0 Å². The highest BCUT2D eigenvalue weighted by molar-refractivity contribution is 5.71. The number of nitrogens with zero attached hydrogens (tertiary/aromatic N) is 1. The zero-order chi connectivity index (χ0) is 9.47.